The Bertz CT molecular complexity index is 640. The van der Waals surface area contributed by atoms with Crippen LogP contribution < -0.4 is 10.5 Å². The number of benzene rings is 1. The fourth-order valence-electron chi connectivity index (χ4n) is 1.75. The maximum Gasteiger partial charge on any atom is 0.242 e. The Hall–Kier alpha value is -1.76. The highest BCUT2D eigenvalue weighted by molar-refractivity contribution is 7.89. The van der Waals surface area contributed by atoms with Gasteiger partial charge in [0.15, 0.2) is 0 Å². The van der Waals surface area contributed by atoms with Crippen molar-refractivity contribution in [2.24, 2.45) is 5.73 Å². The number of nitrogens with two attached hydrogens (primary N) is 1. The van der Waals surface area contributed by atoms with E-state index in [1.165, 1.54) is 12.3 Å². The lowest BCUT2D eigenvalue weighted by Gasteiger charge is -2.07. The van der Waals surface area contributed by atoms with E-state index in [9.17, 15) is 8.42 Å². The van der Waals surface area contributed by atoms with E-state index in [0.29, 0.717) is 25.2 Å². The van der Waals surface area contributed by atoms with Crippen molar-refractivity contribution in [2.75, 3.05) is 6.54 Å². The minimum atomic E-state index is -3.51. The molecule has 1 heterocycles. The number of nitrogens with one attached hydrogen (secondary N) is 1. The molecule has 0 amide bonds. The van der Waals surface area contributed by atoms with Gasteiger partial charge in [-0.25, -0.2) is 13.1 Å². The lowest BCUT2D eigenvalue weighted by molar-refractivity contribution is 0.581. The number of hydrogen-bond acceptors (Lipinski definition) is 4. The van der Waals surface area contributed by atoms with Crippen molar-refractivity contribution in [2.45, 2.75) is 17.9 Å². The van der Waals surface area contributed by atoms with Gasteiger partial charge >= 0.3 is 0 Å². The first-order valence-electron chi connectivity index (χ1n) is 6.30. The average Bonchev–Trinajstić information content (AvgIpc) is 2.48. The van der Waals surface area contributed by atoms with E-state index in [-0.39, 0.29) is 4.90 Å². The Morgan fingerprint density at radius 2 is 1.85 bits per heavy atom. The van der Waals surface area contributed by atoms with E-state index < -0.39 is 10.0 Å². The third kappa shape index (κ3) is 3.86. The van der Waals surface area contributed by atoms with Crippen LogP contribution in [0.5, 0.6) is 0 Å². The molecule has 6 heteroatoms. The second kappa shape index (κ2) is 6.60. The van der Waals surface area contributed by atoms with Crippen LogP contribution in [0.4, 0.5) is 0 Å². The van der Waals surface area contributed by atoms with Crippen LogP contribution in [0.25, 0.3) is 0 Å². The van der Waals surface area contributed by atoms with Crippen molar-refractivity contribution in [1.82, 2.24) is 9.71 Å². The fourth-order valence-corrected chi connectivity index (χ4v) is 2.72. The molecule has 2 aromatic rings. The Morgan fingerprint density at radius 3 is 2.45 bits per heavy atom. The first-order valence-corrected chi connectivity index (χ1v) is 7.79. The van der Waals surface area contributed by atoms with Gasteiger partial charge in [0.2, 0.25) is 10.0 Å². The van der Waals surface area contributed by atoms with Crippen LogP contribution in [-0.4, -0.2) is 19.9 Å². The molecular weight excluding hydrogens is 274 g/mol. The highest BCUT2D eigenvalue weighted by Crippen LogP contribution is 2.08. The minimum Gasteiger partial charge on any atom is -0.325 e. The fraction of sp³-hybridized carbons (Fsp3) is 0.214. The molecule has 0 fully saturated rings. The van der Waals surface area contributed by atoms with Gasteiger partial charge in [0.05, 0.1) is 5.69 Å². The molecule has 5 nitrogen and oxygen atoms in total. The number of nitrogens with zero attached hydrogens (tertiary/aromatic N) is 1. The molecule has 0 bridgehead atoms. The molecule has 0 aliphatic heterocycles. The number of hydrogen-bond donors (Lipinski definition) is 2. The van der Waals surface area contributed by atoms with Gasteiger partial charge in [-0.05, 0) is 24.1 Å². The summed E-state index contributed by atoms with van der Waals surface area (Å²) in [7, 11) is -3.51. The third-order valence-corrected chi connectivity index (χ3v) is 4.31. The Kier molecular flexibility index (Phi) is 4.84. The summed E-state index contributed by atoms with van der Waals surface area (Å²) in [5.41, 5.74) is 7.18. The van der Waals surface area contributed by atoms with E-state index in [2.05, 4.69) is 9.71 Å². The summed E-state index contributed by atoms with van der Waals surface area (Å²) >= 11 is 0. The van der Waals surface area contributed by atoms with Gasteiger partial charge in [-0.1, -0.05) is 30.3 Å². The van der Waals surface area contributed by atoms with Gasteiger partial charge in [-0.3, -0.25) is 4.98 Å². The van der Waals surface area contributed by atoms with Crippen molar-refractivity contribution in [1.29, 1.82) is 0 Å². The Balaban J connectivity index is 1.96. The van der Waals surface area contributed by atoms with Gasteiger partial charge < -0.3 is 5.73 Å². The van der Waals surface area contributed by atoms with Gasteiger partial charge in [-0.2, -0.15) is 0 Å². The van der Waals surface area contributed by atoms with Crippen molar-refractivity contribution in [3.63, 3.8) is 0 Å². The largest absolute Gasteiger partial charge is 0.325 e. The highest BCUT2D eigenvalue weighted by Gasteiger charge is 2.13. The third-order valence-electron chi connectivity index (χ3n) is 2.87. The van der Waals surface area contributed by atoms with Gasteiger partial charge in [0.1, 0.15) is 4.90 Å². The van der Waals surface area contributed by atoms with Crippen LogP contribution in [0.15, 0.2) is 53.6 Å². The molecule has 0 saturated heterocycles. The van der Waals surface area contributed by atoms with E-state index >= 15 is 0 Å². The van der Waals surface area contributed by atoms with Crippen molar-refractivity contribution in [3.05, 3.63) is 59.9 Å². The summed E-state index contributed by atoms with van der Waals surface area (Å²) in [4.78, 5) is 4.14. The van der Waals surface area contributed by atoms with Crippen LogP contribution in [0.2, 0.25) is 0 Å². The van der Waals surface area contributed by atoms with Gasteiger partial charge in [-0.15, -0.1) is 0 Å². The first kappa shape index (κ1) is 14.6. The van der Waals surface area contributed by atoms with Crippen molar-refractivity contribution in [3.8, 4) is 0 Å². The zero-order chi connectivity index (χ0) is 14.4. The van der Waals surface area contributed by atoms with Crippen LogP contribution in [0.3, 0.4) is 0 Å². The summed E-state index contributed by atoms with van der Waals surface area (Å²) in [6.45, 7) is 0.646. The van der Waals surface area contributed by atoms with Crippen LogP contribution in [0, 0.1) is 0 Å². The van der Waals surface area contributed by atoms with Crippen molar-refractivity contribution >= 4 is 10.0 Å². The van der Waals surface area contributed by atoms with E-state index in [0.717, 1.165) is 5.56 Å². The molecule has 0 unspecified atom stereocenters. The molecule has 1 aromatic heterocycles. The second-order valence-corrected chi connectivity index (χ2v) is 6.09. The second-order valence-electron chi connectivity index (χ2n) is 4.32. The van der Waals surface area contributed by atoms with E-state index in [1.807, 2.05) is 30.3 Å². The predicted molar refractivity (Wildman–Crippen MR) is 77.5 cm³/mol. The van der Waals surface area contributed by atoms with E-state index in [4.69, 9.17) is 5.73 Å². The molecule has 0 aliphatic rings. The Morgan fingerprint density at radius 1 is 1.10 bits per heavy atom. The normalized spacial score (nSPS) is 11.4. The quantitative estimate of drug-likeness (QED) is 0.833. The Labute approximate surface area is 118 Å². The molecule has 0 atom stereocenters. The zero-order valence-corrected chi connectivity index (χ0v) is 11.8. The summed E-state index contributed by atoms with van der Waals surface area (Å²) in [6.07, 6.45) is 1.97. The molecule has 0 aliphatic carbocycles. The number of pyridine rings is 1. The number of rotatable bonds is 6. The predicted octanol–water partition coefficient (Wildman–Crippen LogP) is 1.06. The summed E-state index contributed by atoms with van der Waals surface area (Å²) in [5, 5.41) is 0. The first-order chi connectivity index (χ1) is 9.62. The van der Waals surface area contributed by atoms with Gasteiger partial charge in [0.25, 0.3) is 0 Å². The van der Waals surface area contributed by atoms with Crippen LogP contribution >= 0.6 is 0 Å². The molecule has 0 spiro atoms. The monoisotopic (exact) mass is 291 g/mol. The average molecular weight is 291 g/mol. The lowest BCUT2D eigenvalue weighted by Crippen LogP contribution is -2.26. The van der Waals surface area contributed by atoms with Gasteiger partial charge in [0, 0.05) is 19.3 Å². The lowest BCUT2D eigenvalue weighted by atomic mass is 10.2. The maximum atomic E-state index is 12.0. The van der Waals surface area contributed by atoms with Crippen LogP contribution in [0.1, 0.15) is 11.3 Å². The summed E-state index contributed by atoms with van der Waals surface area (Å²) < 4.78 is 26.6. The molecule has 2 rings (SSSR count). The standard InChI is InChI=1S/C14H17N3O2S/c15-10-13-6-7-14(11-16-13)20(18,19)17-9-8-12-4-2-1-3-5-12/h1-7,11,17H,8-10,15H2. The summed E-state index contributed by atoms with van der Waals surface area (Å²) in [6, 6.07) is 12.8. The minimum absolute atomic E-state index is 0.155. The molecule has 0 saturated carbocycles. The molecular formula is C14H17N3O2S. The summed E-state index contributed by atoms with van der Waals surface area (Å²) in [5.74, 6) is 0. The molecule has 1 aromatic carbocycles. The maximum absolute atomic E-state index is 12.0. The topological polar surface area (TPSA) is 85.1 Å². The van der Waals surface area contributed by atoms with Crippen LogP contribution in [-0.2, 0) is 23.0 Å². The number of sulfonamides is 1. The highest BCUT2D eigenvalue weighted by atomic mass is 32.2. The molecule has 0 radical (unpaired) electrons. The molecule has 3 N–H and O–H groups in total. The smallest absolute Gasteiger partial charge is 0.242 e. The van der Waals surface area contributed by atoms with E-state index in [1.54, 1.807) is 6.07 Å². The molecule has 20 heavy (non-hydrogen) atoms. The SMILES string of the molecule is NCc1ccc(S(=O)(=O)NCCc2ccccc2)cn1. The molecule has 106 valence electrons. The zero-order valence-electron chi connectivity index (χ0n) is 11.0. The number of aromatic nitrogens is 1. The van der Waals surface area contributed by atoms with Crippen molar-refractivity contribution < 1.29 is 8.42 Å².